The average Bonchev–Trinajstić information content (AvgIpc) is 2.74. The maximum atomic E-state index is 13.5. The van der Waals surface area contributed by atoms with Crippen LogP contribution in [0.25, 0.3) is 11.0 Å². The Labute approximate surface area is 170 Å². The summed E-state index contributed by atoms with van der Waals surface area (Å²) in [5.41, 5.74) is 3.34. The first-order chi connectivity index (χ1) is 14.1. The number of piperidine rings is 1. The monoisotopic (exact) mass is 392 g/mol. The quantitative estimate of drug-likeness (QED) is 0.661. The Morgan fingerprint density at radius 1 is 1.21 bits per heavy atom. The summed E-state index contributed by atoms with van der Waals surface area (Å²) in [7, 11) is 0. The highest BCUT2D eigenvalue weighted by molar-refractivity contribution is 6.07. The van der Waals surface area contributed by atoms with Gasteiger partial charge in [0.25, 0.3) is 5.91 Å². The molecule has 2 aromatic heterocycles. The second-order valence-electron chi connectivity index (χ2n) is 7.56. The van der Waals surface area contributed by atoms with Crippen LogP contribution in [0, 0.1) is 12.7 Å². The van der Waals surface area contributed by atoms with Crippen LogP contribution in [0.5, 0.6) is 0 Å². The maximum Gasteiger partial charge on any atom is 0.257 e. The maximum absolute atomic E-state index is 13.5. The fraction of sp³-hybridized carbons (Fsp3) is 0.348. The third-order valence-corrected chi connectivity index (χ3v) is 5.57. The minimum atomic E-state index is -0.303. The minimum absolute atomic E-state index is 0.0175. The highest BCUT2D eigenvalue weighted by Crippen LogP contribution is 2.31. The number of nitrogens with zero attached hydrogens (tertiary/aromatic N) is 3. The van der Waals surface area contributed by atoms with Crippen LogP contribution in [0.3, 0.4) is 0 Å². The van der Waals surface area contributed by atoms with Crippen molar-refractivity contribution >= 4 is 28.3 Å². The normalized spacial score (nSPS) is 16.8. The molecule has 1 amide bonds. The lowest BCUT2D eigenvalue weighted by Gasteiger charge is -2.35. The first kappa shape index (κ1) is 19.3. The number of amides is 1. The molecule has 3 heterocycles. The second kappa shape index (κ2) is 8.15. The molecule has 1 aromatic carbocycles. The van der Waals surface area contributed by atoms with E-state index < -0.39 is 0 Å². The first-order valence-corrected chi connectivity index (χ1v) is 10.2. The Kier molecular flexibility index (Phi) is 5.43. The van der Waals surface area contributed by atoms with Gasteiger partial charge in [-0.15, -0.1) is 0 Å². The molecule has 150 valence electrons. The minimum Gasteiger partial charge on any atom is -0.354 e. The van der Waals surface area contributed by atoms with Crippen LogP contribution in [0.2, 0.25) is 0 Å². The van der Waals surface area contributed by atoms with E-state index in [9.17, 15) is 9.18 Å². The molecule has 5 nitrogen and oxygen atoms in total. The van der Waals surface area contributed by atoms with E-state index in [0.29, 0.717) is 22.6 Å². The zero-order valence-corrected chi connectivity index (χ0v) is 16.8. The van der Waals surface area contributed by atoms with Crippen LogP contribution >= 0.6 is 0 Å². The van der Waals surface area contributed by atoms with Crippen molar-refractivity contribution in [3.05, 3.63) is 59.7 Å². The highest BCUT2D eigenvalue weighted by Gasteiger charge is 2.28. The molecule has 4 rings (SSSR count). The van der Waals surface area contributed by atoms with Gasteiger partial charge in [-0.1, -0.05) is 6.92 Å². The Hall–Kier alpha value is -3.02. The summed E-state index contributed by atoms with van der Waals surface area (Å²) >= 11 is 0. The van der Waals surface area contributed by atoms with Crippen LogP contribution in [0.4, 0.5) is 15.8 Å². The molecule has 0 spiro atoms. The molecule has 0 bridgehead atoms. The van der Waals surface area contributed by atoms with E-state index in [0.717, 1.165) is 43.3 Å². The summed E-state index contributed by atoms with van der Waals surface area (Å²) in [6.45, 7) is 4.80. The molecule has 0 saturated carbocycles. The van der Waals surface area contributed by atoms with Crippen molar-refractivity contribution in [1.29, 1.82) is 0 Å². The van der Waals surface area contributed by atoms with Crippen molar-refractivity contribution in [2.75, 3.05) is 11.9 Å². The van der Waals surface area contributed by atoms with E-state index in [1.165, 1.54) is 12.1 Å². The van der Waals surface area contributed by atoms with Crippen molar-refractivity contribution in [1.82, 2.24) is 14.9 Å². The van der Waals surface area contributed by atoms with E-state index in [2.05, 4.69) is 22.2 Å². The molecule has 1 aliphatic rings. The predicted molar refractivity (Wildman–Crippen MR) is 113 cm³/mol. The van der Waals surface area contributed by atoms with Gasteiger partial charge >= 0.3 is 0 Å². The fourth-order valence-electron chi connectivity index (χ4n) is 3.99. The lowest BCUT2D eigenvalue weighted by molar-refractivity contribution is 0.0609. The van der Waals surface area contributed by atoms with Gasteiger partial charge in [-0.3, -0.25) is 4.79 Å². The summed E-state index contributed by atoms with van der Waals surface area (Å²) < 4.78 is 13.3. The van der Waals surface area contributed by atoms with Crippen LogP contribution < -0.4 is 5.32 Å². The topological polar surface area (TPSA) is 58.1 Å². The summed E-state index contributed by atoms with van der Waals surface area (Å²) in [5, 5.41) is 4.09. The average molecular weight is 392 g/mol. The van der Waals surface area contributed by atoms with Gasteiger partial charge in [0.1, 0.15) is 5.82 Å². The number of likely N-dealkylation sites (tertiary alicyclic amines) is 1. The molecule has 1 fully saturated rings. The van der Waals surface area contributed by atoms with Crippen LogP contribution in [-0.2, 0) is 0 Å². The Morgan fingerprint density at radius 3 is 2.76 bits per heavy atom. The summed E-state index contributed by atoms with van der Waals surface area (Å²) in [5.74, 6) is -0.320. The highest BCUT2D eigenvalue weighted by atomic mass is 19.1. The Balaban J connectivity index is 1.81. The van der Waals surface area contributed by atoms with Gasteiger partial charge in [-0.25, -0.2) is 14.4 Å². The molecule has 29 heavy (non-hydrogen) atoms. The van der Waals surface area contributed by atoms with Gasteiger partial charge in [0.2, 0.25) is 0 Å². The number of rotatable bonds is 4. The standard InChI is InChI=1S/C23H25FN4O/c1-3-18-6-4-5-13-28(18)23(29)20-14-25-22-19(12-7-15(2)26-22)21(20)27-17-10-8-16(24)9-11-17/h7-12,14,18H,3-6,13H2,1-2H3,(H,25,26,27)/t18-/m0/s1. The molecule has 1 aliphatic heterocycles. The number of aromatic nitrogens is 2. The van der Waals surface area contributed by atoms with Crippen molar-refractivity contribution < 1.29 is 9.18 Å². The number of aryl methyl sites for hydroxylation is 1. The summed E-state index contributed by atoms with van der Waals surface area (Å²) in [6.07, 6.45) is 5.76. The molecule has 0 aliphatic carbocycles. The van der Waals surface area contributed by atoms with Gasteiger partial charge in [-0.2, -0.15) is 0 Å². The van der Waals surface area contributed by atoms with E-state index in [4.69, 9.17) is 0 Å². The molecule has 1 N–H and O–H groups in total. The van der Waals surface area contributed by atoms with Crippen LogP contribution in [0.1, 0.15) is 48.7 Å². The zero-order chi connectivity index (χ0) is 20.4. The van der Waals surface area contributed by atoms with Crippen LogP contribution in [0.15, 0.2) is 42.6 Å². The molecule has 6 heteroatoms. The number of hydrogen-bond acceptors (Lipinski definition) is 4. The summed E-state index contributed by atoms with van der Waals surface area (Å²) in [6, 6.07) is 10.2. The van der Waals surface area contributed by atoms with E-state index in [1.54, 1.807) is 18.3 Å². The smallest absolute Gasteiger partial charge is 0.257 e. The number of halogens is 1. The van der Waals surface area contributed by atoms with Gasteiger partial charge in [0, 0.05) is 35.6 Å². The van der Waals surface area contributed by atoms with Crippen molar-refractivity contribution in [3.8, 4) is 0 Å². The molecule has 1 saturated heterocycles. The first-order valence-electron chi connectivity index (χ1n) is 10.2. The molecular weight excluding hydrogens is 367 g/mol. The van der Waals surface area contributed by atoms with Gasteiger partial charge in [0.05, 0.1) is 11.3 Å². The van der Waals surface area contributed by atoms with Crippen LogP contribution in [-0.4, -0.2) is 33.4 Å². The van der Waals surface area contributed by atoms with E-state index in [-0.39, 0.29) is 17.8 Å². The molecular formula is C23H25FN4O. The third kappa shape index (κ3) is 3.92. The number of hydrogen-bond donors (Lipinski definition) is 1. The lowest BCUT2D eigenvalue weighted by atomic mass is 9.98. The molecule has 0 radical (unpaired) electrons. The number of fused-ring (bicyclic) bond motifs is 1. The number of pyridine rings is 2. The summed E-state index contributed by atoms with van der Waals surface area (Å²) in [4.78, 5) is 24.5. The van der Waals surface area contributed by atoms with Crippen molar-refractivity contribution in [2.45, 2.75) is 45.6 Å². The molecule has 3 aromatic rings. The van der Waals surface area contributed by atoms with E-state index >= 15 is 0 Å². The van der Waals surface area contributed by atoms with Gasteiger partial charge < -0.3 is 10.2 Å². The molecule has 0 unspecified atom stereocenters. The number of nitrogens with one attached hydrogen (secondary N) is 1. The molecule has 1 atom stereocenters. The number of anilines is 2. The number of benzene rings is 1. The SMILES string of the molecule is CC[C@H]1CCCCN1C(=O)c1cnc2nc(C)ccc2c1Nc1ccc(F)cc1. The largest absolute Gasteiger partial charge is 0.354 e. The number of carbonyl (C=O) groups excluding carboxylic acids is 1. The van der Waals surface area contributed by atoms with E-state index in [1.807, 2.05) is 24.0 Å². The Morgan fingerprint density at radius 2 is 2.00 bits per heavy atom. The number of carbonyl (C=O) groups is 1. The zero-order valence-electron chi connectivity index (χ0n) is 16.8. The van der Waals surface area contributed by atoms with Crippen molar-refractivity contribution in [2.24, 2.45) is 0 Å². The second-order valence-corrected chi connectivity index (χ2v) is 7.56. The Bertz CT molecular complexity index is 1030. The third-order valence-electron chi connectivity index (χ3n) is 5.57. The fourth-order valence-corrected chi connectivity index (χ4v) is 3.99. The predicted octanol–water partition coefficient (Wildman–Crippen LogP) is 5.23. The van der Waals surface area contributed by atoms with Gasteiger partial charge in [0.15, 0.2) is 5.65 Å². The van der Waals surface area contributed by atoms with Gasteiger partial charge in [-0.05, 0) is 69.0 Å². The lowest BCUT2D eigenvalue weighted by Crippen LogP contribution is -2.43. The van der Waals surface area contributed by atoms with Crippen molar-refractivity contribution in [3.63, 3.8) is 0 Å².